The molecule has 2 aliphatic rings. The summed E-state index contributed by atoms with van der Waals surface area (Å²) in [6, 6.07) is 7.46. The third kappa shape index (κ3) is 3.85. The topological polar surface area (TPSA) is 95.7 Å². The molecule has 1 aliphatic carbocycles. The maximum Gasteiger partial charge on any atom is 0.277 e. The Hall–Kier alpha value is -2.35. The third-order valence-electron chi connectivity index (χ3n) is 5.21. The van der Waals surface area contributed by atoms with Crippen molar-refractivity contribution in [1.82, 2.24) is 14.5 Å². The van der Waals surface area contributed by atoms with Gasteiger partial charge in [0.2, 0.25) is 21.3 Å². The number of aliphatic hydroxyl groups excluding tert-OH is 1. The normalized spacial score (nSPS) is 18.8. The van der Waals surface area contributed by atoms with Gasteiger partial charge in [0.15, 0.2) is 11.5 Å². The average Bonchev–Trinajstić information content (AvgIpc) is 3.43. The summed E-state index contributed by atoms with van der Waals surface area (Å²) in [6.07, 6.45) is 0.487. The number of halogens is 1. The number of aromatic nitrogens is 2. The molecule has 1 fully saturated rings. The molecule has 1 amide bonds. The SMILES string of the molecule is CN1C(=O)c2c(nc(S(=O)(=O)CC3CC3)n2C)N(CC#Cc2ccc(Br)cc2)C1O. The van der Waals surface area contributed by atoms with E-state index in [4.69, 9.17) is 0 Å². The Labute approximate surface area is 183 Å². The summed E-state index contributed by atoms with van der Waals surface area (Å²) in [5, 5.41) is 10.5. The van der Waals surface area contributed by atoms with E-state index in [-0.39, 0.29) is 34.9 Å². The van der Waals surface area contributed by atoms with Crippen LogP contribution in [0, 0.1) is 17.8 Å². The van der Waals surface area contributed by atoms with Crippen molar-refractivity contribution in [2.75, 3.05) is 24.2 Å². The summed E-state index contributed by atoms with van der Waals surface area (Å²) in [6.45, 7) is 0.0704. The number of hydrogen-bond donors (Lipinski definition) is 1. The molecule has 1 N–H and O–H groups in total. The van der Waals surface area contributed by atoms with Gasteiger partial charge in [-0.25, -0.2) is 8.42 Å². The summed E-state index contributed by atoms with van der Waals surface area (Å²) in [5.74, 6) is 5.79. The Bertz CT molecular complexity index is 1160. The van der Waals surface area contributed by atoms with E-state index >= 15 is 0 Å². The van der Waals surface area contributed by atoms with Gasteiger partial charge in [-0.2, -0.15) is 4.98 Å². The van der Waals surface area contributed by atoms with Crippen LogP contribution in [0.25, 0.3) is 0 Å². The van der Waals surface area contributed by atoms with Gasteiger partial charge in [0.1, 0.15) is 0 Å². The summed E-state index contributed by atoms with van der Waals surface area (Å²) >= 11 is 3.37. The largest absolute Gasteiger partial charge is 0.356 e. The average molecular weight is 493 g/mol. The van der Waals surface area contributed by atoms with Gasteiger partial charge in [-0.05, 0) is 43.0 Å². The molecule has 1 atom stereocenters. The lowest BCUT2D eigenvalue weighted by Gasteiger charge is -2.37. The van der Waals surface area contributed by atoms with E-state index in [1.807, 2.05) is 24.3 Å². The molecule has 0 spiro atoms. The number of amides is 1. The maximum atomic E-state index is 12.8. The van der Waals surface area contributed by atoms with Crippen LogP contribution in [0.3, 0.4) is 0 Å². The first kappa shape index (κ1) is 20.9. The Morgan fingerprint density at radius 3 is 2.53 bits per heavy atom. The van der Waals surface area contributed by atoms with Crippen LogP contribution in [0.1, 0.15) is 28.9 Å². The third-order valence-corrected chi connectivity index (χ3v) is 7.57. The second-order valence-electron chi connectivity index (χ2n) is 7.55. The van der Waals surface area contributed by atoms with E-state index in [1.165, 1.54) is 23.6 Å². The van der Waals surface area contributed by atoms with Crippen LogP contribution in [0.5, 0.6) is 0 Å². The van der Waals surface area contributed by atoms with Crippen LogP contribution in [-0.2, 0) is 16.9 Å². The van der Waals surface area contributed by atoms with Gasteiger partial charge in [0.25, 0.3) is 5.91 Å². The predicted octanol–water partition coefficient (Wildman–Crippen LogP) is 1.59. The van der Waals surface area contributed by atoms with Gasteiger partial charge >= 0.3 is 0 Å². The lowest BCUT2D eigenvalue weighted by atomic mass is 10.2. The number of rotatable bonds is 4. The molecule has 8 nitrogen and oxygen atoms in total. The summed E-state index contributed by atoms with van der Waals surface area (Å²) in [7, 11) is -0.669. The quantitative estimate of drug-likeness (QED) is 0.651. The number of anilines is 1. The highest BCUT2D eigenvalue weighted by Gasteiger charge is 2.41. The molecule has 30 heavy (non-hydrogen) atoms. The van der Waals surface area contributed by atoms with Crippen molar-refractivity contribution in [3.8, 4) is 11.8 Å². The van der Waals surface area contributed by atoms with Crippen molar-refractivity contribution >= 4 is 37.5 Å². The highest BCUT2D eigenvalue weighted by molar-refractivity contribution is 9.10. The van der Waals surface area contributed by atoms with Crippen LogP contribution in [0.4, 0.5) is 5.82 Å². The van der Waals surface area contributed by atoms with Gasteiger partial charge in [0.05, 0.1) is 12.3 Å². The van der Waals surface area contributed by atoms with Crippen molar-refractivity contribution in [1.29, 1.82) is 0 Å². The lowest BCUT2D eigenvalue weighted by Crippen LogP contribution is -2.54. The van der Waals surface area contributed by atoms with E-state index in [0.717, 1.165) is 27.8 Å². The molecule has 1 saturated carbocycles. The van der Waals surface area contributed by atoms with Gasteiger partial charge in [-0.15, -0.1) is 0 Å². The van der Waals surface area contributed by atoms with Crippen molar-refractivity contribution in [3.05, 3.63) is 40.0 Å². The first-order chi connectivity index (χ1) is 14.2. The molecular weight excluding hydrogens is 472 g/mol. The molecule has 10 heteroatoms. The number of carbonyl (C=O) groups excluding carboxylic acids is 1. The molecule has 2 heterocycles. The van der Waals surface area contributed by atoms with Crippen LogP contribution in [0.2, 0.25) is 0 Å². The van der Waals surface area contributed by atoms with Gasteiger partial charge < -0.3 is 14.6 Å². The smallest absolute Gasteiger partial charge is 0.277 e. The summed E-state index contributed by atoms with van der Waals surface area (Å²) < 4.78 is 27.9. The predicted molar refractivity (Wildman–Crippen MR) is 114 cm³/mol. The van der Waals surface area contributed by atoms with Crippen molar-refractivity contribution in [3.63, 3.8) is 0 Å². The highest BCUT2D eigenvalue weighted by atomic mass is 79.9. The molecule has 1 aromatic heterocycles. The Kier molecular flexibility index (Phi) is 5.38. The minimum atomic E-state index is -3.64. The van der Waals surface area contributed by atoms with Gasteiger partial charge in [-0.1, -0.05) is 27.8 Å². The van der Waals surface area contributed by atoms with E-state index in [1.54, 1.807) is 0 Å². The van der Waals surface area contributed by atoms with Crippen molar-refractivity contribution < 1.29 is 18.3 Å². The fourth-order valence-electron chi connectivity index (χ4n) is 3.36. The van der Waals surface area contributed by atoms with Crippen molar-refractivity contribution in [2.24, 2.45) is 13.0 Å². The van der Waals surface area contributed by atoms with E-state index in [2.05, 4.69) is 32.8 Å². The van der Waals surface area contributed by atoms with Crippen LogP contribution in [0.15, 0.2) is 33.9 Å². The van der Waals surface area contributed by atoms with Gasteiger partial charge in [0, 0.05) is 24.1 Å². The summed E-state index contributed by atoms with van der Waals surface area (Å²) in [5.41, 5.74) is 0.922. The monoisotopic (exact) mass is 492 g/mol. The number of carbonyl (C=O) groups is 1. The minimum Gasteiger partial charge on any atom is -0.356 e. The number of benzene rings is 1. The number of sulfone groups is 1. The fourth-order valence-corrected chi connectivity index (χ4v) is 5.46. The zero-order valence-electron chi connectivity index (χ0n) is 16.5. The van der Waals surface area contributed by atoms with Gasteiger partial charge in [-0.3, -0.25) is 9.69 Å². The minimum absolute atomic E-state index is 0.0205. The number of fused-ring (bicyclic) bond motifs is 1. The molecule has 0 radical (unpaired) electrons. The molecule has 1 aliphatic heterocycles. The van der Waals surface area contributed by atoms with Crippen LogP contribution < -0.4 is 4.90 Å². The van der Waals surface area contributed by atoms with Crippen LogP contribution in [-0.4, -0.2) is 59.6 Å². The summed E-state index contributed by atoms with van der Waals surface area (Å²) in [4.78, 5) is 19.6. The molecule has 2 aromatic rings. The second-order valence-corrected chi connectivity index (χ2v) is 10.4. The zero-order valence-corrected chi connectivity index (χ0v) is 18.9. The lowest BCUT2D eigenvalue weighted by molar-refractivity contribution is 0.0139. The second kappa shape index (κ2) is 7.72. The molecule has 4 rings (SSSR count). The first-order valence-corrected chi connectivity index (χ1v) is 11.9. The zero-order chi connectivity index (χ0) is 21.6. The molecule has 0 saturated heterocycles. The molecule has 0 bridgehead atoms. The fraction of sp³-hybridized carbons (Fsp3) is 0.400. The Morgan fingerprint density at radius 1 is 1.23 bits per heavy atom. The number of hydrogen-bond acceptors (Lipinski definition) is 6. The molecular formula is C20H21BrN4O4S. The standard InChI is InChI=1S/C20H21BrN4O4S/c1-23-16-17(22-19(23)30(28,29)12-14-5-6-14)25(20(27)24(2)18(16)26)11-3-4-13-7-9-15(21)10-8-13/h7-10,14,20,27H,5-6,11-12H2,1-2H3. The van der Waals surface area contributed by atoms with Crippen LogP contribution >= 0.6 is 15.9 Å². The number of imidazole rings is 1. The number of nitrogens with zero attached hydrogens (tertiary/aromatic N) is 4. The first-order valence-electron chi connectivity index (χ1n) is 9.45. The highest BCUT2D eigenvalue weighted by Crippen LogP contribution is 2.35. The Balaban J connectivity index is 1.69. The van der Waals surface area contributed by atoms with E-state index in [0.29, 0.717) is 0 Å². The van der Waals surface area contributed by atoms with Crippen molar-refractivity contribution in [2.45, 2.75) is 24.3 Å². The molecule has 1 unspecified atom stereocenters. The molecule has 158 valence electrons. The Morgan fingerprint density at radius 2 is 1.90 bits per heavy atom. The molecule has 1 aromatic carbocycles. The van der Waals surface area contributed by atoms with E-state index in [9.17, 15) is 18.3 Å². The van der Waals surface area contributed by atoms with E-state index < -0.39 is 22.1 Å². The maximum absolute atomic E-state index is 12.8. The number of aliphatic hydroxyl groups is 1.